The first-order valence-electron chi connectivity index (χ1n) is 4.67. The average Bonchev–Trinajstić information content (AvgIpc) is 1.96. The number of nitrogens with zero attached hydrogens (tertiary/aromatic N) is 2. The fourth-order valence-electron chi connectivity index (χ4n) is 0.833. The molecule has 0 saturated carbocycles. The molecule has 0 bridgehead atoms. The van der Waals surface area contributed by atoms with Crippen molar-refractivity contribution in [1.29, 1.82) is 0 Å². The lowest BCUT2D eigenvalue weighted by atomic mass is 10.2. The first-order chi connectivity index (χ1) is 6.92. The second-order valence-electron chi connectivity index (χ2n) is 4.43. The van der Waals surface area contributed by atoms with Crippen molar-refractivity contribution in [2.45, 2.75) is 32.5 Å². The molecule has 0 N–H and O–H groups in total. The van der Waals surface area contributed by atoms with Crippen molar-refractivity contribution >= 4 is 6.09 Å². The highest BCUT2D eigenvalue weighted by atomic mass is 19.4. The van der Waals surface area contributed by atoms with Crippen molar-refractivity contribution in [3.63, 3.8) is 0 Å². The minimum absolute atomic E-state index is 0.732. The molecule has 96 valence electrons. The fraction of sp³-hybridized carbons (Fsp3) is 0.889. The molecule has 0 fully saturated rings. The van der Waals surface area contributed by atoms with E-state index in [2.05, 4.69) is 0 Å². The van der Waals surface area contributed by atoms with E-state index >= 15 is 0 Å². The number of ether oxygens (including phenoxy) is 1. The molecule has 0 aromatic carbocycles. The van der Waals surface area contributed by atoms with Crippen LogP contribution in [0.4, 0.5) is 18.0 Å². The molecule has 16 heavy (non-hydrogen) atoms. The Morgan fingerprint density at radius 1 is 1.19 bits per heavy atom. The van der Waals surface area contributed by atoms with E-state index in [4.69, 9.17) is 4.74 Å². The number of hydrogen-bond donors (Lipinski definition) is 0. The summed E-state index contributed by atoms with van der Waals surface area (Å²) in [5.74, 6) is 0. The Hall–Kier alpha value is -0.980. The molecule has 0 radical (unpaired) electrons. The van der Waals surface area contributed by atoms with Gasteiger partial charge >= 0.3 is 12.3 Å². The molecule has 0 heterocycles. The predicted octanol–water partition coefficient (Wildman–Crippen LogP) is 2.26. The summed E-state index contributed by atoms with van der Waals surface area (Å²) in [7, 11) is 2.39. The maximum atomic E-state index is 12.0. The van der Waals surface area contributed by atoms with Crippen LogP contribution in [0.5, 0.6) is 0 Å². The molecule has 0 aliphatic heterocycles. The lowest BCUT2D eigenvalue weighted by Gasteiger charge is -2.31. The van der Waals surface area contributed by atoms with Crippen LogP contribution in [0.15, 0.2) is 0 Å². The van der Waals surface area contributed by atoms with E-state index in [1.807, 2.05) is 0 Å². The Morgan fingerprint density at radius 2 is 1.62 bits per heavy atom. The number of carbonyl (C=O) groups is 1. The van der Waals surface area contributed by atoms with Crippen molar-refractivity contribution in [1.82, 2.24) is 10.0 Å². The molecule has 7 heteroatoms. The second kappa shape index (κ2) is 4.90. The van der Waals surface area contributed by atoms with Gasteiger partial charge in [0.25, 0.3) is 0 Å². The van der Waals surface area contributed by atoms with Gasteiger partial charge in [-0.15, -0.1) is 0 Å². The van der Waals surface area contributed by atoms with Gasteiger partial charge in [0.2, 0.25) is 0 Å². The maximum Gasteiger partial charge on any atom is 0.424 e. The molecule has 0 spiro atoms. The Labute approximate surface area is 92.9 Å². The smallest absolute Gasteiger partial charge is 0.424 e. The summed E-state index contributed by atoms with van der Waals surface area (Å²) in [6.07, 6.45) is -5.18. The van der Waals surface area contributed by atoms with Gasteiger partial charge in [0.05, 0.1) is 0 Å². The summed E-state index contributed by atoms with van der Waals surface area (Å²) in [4.78, 5) is 11.4. The zero-order valence-electron chi connectivity index (χ0n) is 10.1. The highest BCUT2D eigenvalue weighted by molar-refractivity contribution is 5.67. The largest absolute Gasteiger partial charge is 0.443 e. The van der Waals surface area contributed by atoms with Crippen molar-refractivity contribution in [3.8, 4) is 0 Å². The lowest BCUT2D eigenvalue weighted by molar-refractivity contribution is -0.167. The molecule has 0 saturated heterocycles. The van der Waals surface area contributed by atoms with Gasteiger partial charge < -0.3 is 4.74 Å². The molecule has 0 rings (SSSR count). The molecule has 1 amide bonds. The minimum Gasteiger partial charge on any atom is -0.443 e. The van der Waals surface area contributed by atoms with Crippen LogP contribution in [0.2, 0.25) is 0 Å². The van der Waals surface area contributed by atoms with Crippen molar-refractivity contribution < 1.29 is 22.7 Å². The van der Waals surface area contributed by atoms with Crippen LogP contribution in [0.1, 0.15) is 20.8 Å². The molecule has 0 aliphatic rings. The zero-order valence-corrected chi connectivity index (χ0v) is 10.1. The standard InChI is InChI=1S/C9H17F3N2O2/c1-8(2,3)16-7(15)14(5)13(4)6-9(10,11)12/h6H2,1-5H3. The monoisotopic (exact) mass is 242 g/mol. The Bertz CT molecular complexity index is 248. The third-order valence-electron chi connectivity index (χ3n) is 1.58. The first kappa shape index (κ1) is 15.0. The number of alkyl halides is 3. The van der Waals surface area contributed by atoms with E-state index in [1.54, 1.807) is 20.8 Å². The van der Waals surface area contributed by atoms with E-state index in [0.717, 1.165) is 17.1 Å². The van der Waals surface area contributed by atoms with Crippen LogP contribution < -0.4 is 0 Å². The number of carbonyl (C=O) groups excluding carboxylic acids is 1. The molecule has 0 atom stereocenters. The van der Waals surface area contributed by atoms with Crippen molar-refractivity contribution in [3.05, 3.63) is 0 Å². The van der Waals surface area contributed by atoms with Crippen LogP contribution in [0.3, 0.4) is 0 Å². The second-order valence-corrected chi connectivity index (χ2v) is 4.43. The Balaban J connectivity index is 4.34. The third kappa shape index (κ3) is 6.49. The van der Waals surface area contributed by atoms with E-state index in [1.165, 1.54) is 7.05 Å². The Kier molecular flexibility index (Phi) is 4.60. The summed E-state index contributed by atoms with van der Waals surface area (Å²) >= 11 is 0. The molecule has 0 aromatic rings. The fourth-order valence-corrected chi connectivity index (χ4v) is 0.833. The summed E-state index contributed by atoms with van der Waals surface area (Å²) < 4.78 is 41.1. The number of hydrogen-bond acceptors (Lipinski definition) is 3. The predicted molar refractivity (Wildman–Crippen MR) is 52.7 cm³/mol. The van der Waals surface area contributed by atoms with Gasteiger partial charge in [0, 0.05) is 14.1 Å². The van der Waals surface area contributed by atoms with Crippen LogP contribution in [-0.4, -0.2) is 48.5 Å². The minimum atomic E-state index is -4.36. The maximum absolute atomic E-state index is 12.0. The van der Waals surface area contributed by atoms with Gasteiger partial charge in [-0.05, 0) is 20.8 Å². The van der Waals surface area contributed by atoms with Crippen molar-refractivity contribution in [2.75, 3.05) is 20.6 Å². The van der Waals surface area contributed by atoms with Crippen LogP contribution in [0.25, 0.3) is 0 Å². The molecule has 0 aromatic heterocycles. The first-order valence-corrected chi connectivity index (χ1v) is 4.67. The van der Waals surface area contributed by atoms with Gasteiger partial charge in [0.15, 0.2) is 0 Å². The summed E-state index contributed by atoms with van der Waals surface area (Å²) in [6.45, 7) is 3.72. The summed E-state index contributed by atoms with van der Waals surface area (Å²) in [5.41, 5.74) is -0.732. The molecule has 0 unspecified atom stereocenters. The van der Waals surface area contributed by atoms with Gasteiger partial charge in [-0.2, -0.15) is 13.2 Å². The highest BCUT2D eigenvalue weighted by Crippen LogP contribution is 2.17. The Morgan fingerprint density at radius 3 is 1.94 bits per heavy atom. The van der Waals surface area contributed by atoms with Gasteiger partial charge in [-0.1, -0.05) is 0 Å². The normalized spacial score (nSPS) is 12.8. The molecule has 0 aliphatic carbocycles. The topological polar surface area (TPSA) is 32.8 Å². The van der Waals surface area contributed by atoms with E-state index in [0.29, 0.717) is 0 Å². The van der Waals surface area contributed by atoms with Gasteiger partial charge in [0.1, 0.15) is 12.1 Å². The van der Waals surface area contributed by atoms with Crippen molar-refractivity contribution in [2.24, 2.45) is 0 Å². The lowest BCUT2D eigenvalue weighted by Crippen LogP contribution is -2.47. The van der Waals surface area contributed by atoms with Gasteiger partial charge in [-0.3, -0.25) is 0 Å². The average molecular weight is 242 g/mol. The third-order valence-corrected chi connectivity index (χ3v) is 1.58. The quantitative estimate of drug-likeness (QED) is 0.696. The number of hydrazine groups is 1. The van der Waals surface area contributed by atoms with E-state index in [-0.39, 0.29) is 0 Å². The number of halogens is 3. The van der Waals surface area contributed by atoms with Crippen LogP contribution >= 0.6 is 0 Å². The van der Waals surface area contributed by atoms with E-state index in [9.17, 15) is 18.0 Å². The van der Waals surface area contributed by atoms with E-state index < -0.39 is 24.4 Å². The van der Waals surface area contributed by atoms with Crippen LogP contribution in [-0.2, 0) is 4.74 Å². The van der Waals surface area contributed by atoms with Gasteiger partial charge in [-0.25, -0.2) is 14.8 Å². The summed E-state index contributed by atoms with van der Waals surface area (Å²) in [6, 6.07) is 0. The zero-order chi connectivity index (χ0) is 13.1. The summed E-state index contributed by atoms with van der Waals surface area (Å²) in [5, 5.41) is 1.53. The van der Waals surface area contributed by atoms with Crippen LogP contribution in [0, 0.1) is 0 Å². The SMILES string of the molecule is CN(CC(F)(F)F)N(C)C(=O)OC(C)(C)C. The number of rotatable bonds is 2. The highest BCUT2D eigenvalue weighted by Gasteiger charge is 2.32. The molecule has 4 nitrogen and oxygen atoms in total. The molecular formula is C9H17F3N2O2. The molecular weight excluding hydrogens is 225 g/mol. The number of amides is 1.